The van der Waals surface area contributed by atoms with Crippen LogP contribution in [0.1, 0.15) is 48.0 Å². The second-order valence-corrected chi connectivity index (χ2v) is 2.61. The minimum absolute atomic E-state index is 0.816. The van der Waals surface area contributed by atoms with E-state index in [1.807, 2.05) is 20.8 Å². The highest BCUT2D eigenvalue weighted by molar-refractivity contribution is 4.77. The minimum atomic E-state index is 0.816. The molecule has 0 N–H and O–H groups in total. The van der Waals surface area contributed by atoms with Crippen LogP contribution in [0.25, 0.3) is 0 Å². The molecule has 0 saturated carbocycles. The van der Waals surface area contributed by atoms with Crippen LogP contribution in [0.5, 0.6) is 0 Å². The lowest BCUT2D eigenvalue weighted by molar-refractivity contribution is 0.663. The van der Waals surface area contributed by atoms with Crippen LogP contribution in [0.4, 0.5) is 0 Å². The maximum atomic E-state index is 3.36. The van der Waals surface area contributed by atoms with Gasteiger partial charge in [0.2, 0.25) is 0 Å². The van der Waals surface area contributed by atoms with Gasteiger partial charge in [0.25, 0.3) is 0 Å². The van der Waals surface area contributed by atoms with Crippen molar-refractivity contribution < 1.29 is 0 Å². The molecule has 0 amide bonds. The van der Waals surface area contributed by atoms with E-state index in [2.05, 4.69) is 52.7 Å². The van der Waals surface area contributed by atoms with E-state index in [4.69, 9.17) is 0 Å². The molecule has 0 saturated heterocycles. The van der Waals surface area contributed by atoms with E-state index in [1.165, 1.54) is 6.42 Å². The van der Waals surface area contributed by atoms with Crippen LogP contribution in [0.2, 0.25) is 0 Å². The predicted molar refractivity (Wildman–Crippen MR) is 72.7 cm³/mol. The smallest absolute Gasteiger partial charge is 0.0328 e. The van der Waals surface area contributed by atoms with Gasteiger partial charge in [-0.15, -0.1) is 19.7 Å². The van der Waals surface area contributed by atoms with Crippen molar-refractivity contribution in [3.05, 3.63) is 38.0 Å². The van der Waals surface area contributed by atoms with Gasteiger partial charge in [0, 0.05) is 0 Å². The third-order valence-electron chi connectivity index (χ3n) is 0.843. The minimum Gasteiger partial charge on any atom is -0.106 e. The Balaban J connectivity index is -0.0000000603. The van der Waals surface area contributed by atoms with E-state index >= 15 is 0 Å². The summed E-state index contributed by atoms with van der Waals surface area (Å²) in [5, 5.41) is 0. The first-order valence-electron chi connectivity index (χ1n) is 5.37. The van der Waals surface area contributed by atoms with Crippen molar-refractivity contribution in [2.45, 2.75) is 48.0 Å². The lowest BCUT2D eigenvalue weighted by atomic mass is 10.1. The third kappa shape index (κ3) is 113. The van der Waals surface area contributed by atoms with Crippen LogP contribution < -0.4 is 0 Å². The van der Waals surface area contributed by atoms with Gasteiger partial charge >= 0.3 is 0 Å². The zero-order valence-corrected chi connectivity index (χ0v) is 11.1. The lowest BCUT2D eigenvalue weighted by Gasteiger charge is -1.93. The van der Waals surface area contributed by atoms with Crippen molar-refractivity contribution in [3.8, 4) is 0 Å². The summed E-state index contributed by atoms with van der Waals surface area (Å²) in [5.74, 6) is 0.816. The molecule has 0 radical (unpaired) electrons. The second-order valence-electron chi connectivity index (χ2n) is 2.61. The summed E-state index contributed by atoms with van der Waals surface area (Å²) in [4.78, 5) is 0. The fraction of sp³-hybridized carbons (Fsp3) is 0.571. The van der Waals surface area contributed by atoms with E-state index in [1.54, 1.807) is 6.08 Å². The summed E-state index contributed by atoms with van der Waals surface area (Å²) in [6, 6.07) is 0. The van der Waals surface area contributed by atoms with Crippen LogP contribution in [0.3, 0.4) is 0 Å². The Morgan fingerprint density at radius 3 is 1.43 bits per heavy atom. The van der Waals surface area contributed by atoms with Crippen LogP contribution in [-0.2, 0) is 0 Å². The molecule has 0 nitrogen and oxygen atoms in total. The molecule has 0 spiro atoms. The molecule has 0 bridgehead atoms. The molecule has 0 unspecified atom stereocenters. The van der Waals surface area contributed by atoms with Crippen molar-refractivity contribution in [2.75, 3.05) is 0 Å². The van der Waals surface area contributed by atoms with E-state index in [0.717, 1.165) is 5.92 Å². The molecule has 0 heteroatoms. The molecule has 0 aromatic rings. The molecule has 0 atom stereocenters. The topological polar surface area (TPSA) is 0 Å². The highest BCUT2D eigenvalue weighted by atomic mass is 13.9. The van der Waals surface area contributed by atoms with Gasteiger partial charge in [0.05, 0.1) is 0 Å². The largest absolute Gasteiger partial charge is 0.106 e. The Kier molecular flexibility index (Phi) is 66.0. The highest BCUT2D eigenvalue weighted by Crippen LogP contribution is 1.98. The Morgan fingerprint density at radius 1 is 1.07 bits per heavy atom. The van der Waals surface area contributed by atoms with E-state index in [-0.39, 0.29) is 0 Å². The standard InChI is InChI=1S/C7H14.C3H6.C2H6.C2H4/c1-4-5-6-7(2)3;1-3-2;2*1-2/h4-5,7H,6H2,1-3H3;3H,1H2,2H3;1-2H3;1-2H2/b5-4-;;;. The van der Waals surface area contributed by atoms with Crippen molar-refractivity contribution in [1.29, 1.82) is 0 Å². The van der Waals surface area contributed by atoms with E-state index in [0.29, 0.717) is 0 Å². The van der Waals surface area contributed by atoms with Gasteiger partial charge in [0.1, 0.15) is 0 Å². The number of allylic oxidation sites excluding steroid dienone is 3. The van der Waals surface area contributed by atoms with Crippen LogP contribution in [-0.4, -0.2) is 0 Å². The summed E-state index contributed by atoms with van der Waals surface area (Å²) in [6.45, 7) is 21.8. The van der Waals surface area contributed by atoms with Gasteiger partial charge in [-0.25, -0.2) is 0 Å². The van der Waals surface area contributed by atoms with Gasteiger partial charge < -0.3 is 0 Å². The number of hydrogen-bond donors (Lipinski definition) is 0. The lowest BCUT2D eigenvalue weighted by Crippen LogP contribution is -1.79. The average Bonchev–Trinajstić information content (AvgIpc) is 2.22. The summed E-state index contributed by atoms with van der Waals surface area (Å²) in [7, 11) is 0. The maximum Gasteiger partial charge on any atom is -0.0328 e. The predicted octanol–water partition coefficient (Wildman–Crippen LogP) is 5.63. The van der Waals surface area contributed by atoms with E-state index < -0.39 is 0 Å². The summed E-state index contributed by atoms with van der Waals surface area (Å²) in [5.41, 5.74) is 0. The van der Waals surface area contributed by atoms with Crippen LogP contribution >= 0.6 is 0 Å². The molecular formula is C14H30. The highest BCUT2D eigenvalue weighted by Gasteiger charge is 1.83. The van der Waals surface area contributed by atoms with E-state index in [9.17, 15) is 0 Å². The Bertz CT molecular complexity index is 88.2. The fourth-order valence-electron chi connectivity index (χ4n) is 0.408. The number of hydrogen-bond acceptors (Lipinski definition) is 0. The Hall–Kier alpha value is -0.780. The average molecular weight is 198 g/mol. The van der Waals surface area contributed by atoms with Gasteiger partial charge in [-0.3, -0.25) is 0 Å². The SMILES string of the molecule is C/C=C\CC(C)C.C=C.C=CC.CC. The molecule has 0 aromatic carbocycles. The summed E-state index contributed by atoms with van der Waals surface area (Å²) >= 11 is 0. The number of rotatable bonds is 2. The Labute approximate surface area is 92.4 Å². The zero-order valence-electron chi connectivity index (χ0n) is 11.1. The third-order valence-corrected chi connectivity index (χ3v) is 0.843. The van der Waals surface area contributed by atoms with Gasteiger partial charge in [0.15, 0.2) is 0 Å². The molecule has 0 aromatic heterocycles. The molecule has 0 aliphatic carbocycles. The van der Waals surface area contributed by atoms with Crippen molar-refractivity contribution >= 4 is 0 Å². The van der Waals surface area contributed by atoms with Crippen LogP contribution in [0, 0.1) is 5.92 Å². The normalized spacial score (nSPS) is 7.36. The molecule has 0 heterocycles. The fourth-order valence-corrected chi connectivity index (χ4v) is 0.408. The zero-order chi connectivity index (χ0) is 12.4. The molecule has 0 fully saturated rings. The van der Waals surface area contributed by atoms with Gasteiger partial charge in [-0.1, -0.05) is 45.9 Å². The first kappa shape index (κ1) is 23.2. The molecular weight excluding hydrogens is 168 g/mol. The first-order chi connectivity index (χ1) is 6.68. The van der Waals surface area contributed by atoms with Crippen molar-refractivity contribution in [2.24, 2.45) is 5.92 Å². The summed E-state index contributed by atoms with van der Waals surface area (Å²) in [6.07, 6.45) is 7.27. The molecule has 0 rings (SSSR count). The monoisotopic (exact) mass is 198 g/mol. The molecule has 86 valence electrons. The first-order valence-corrected chi connectivity index (χ1v) is 5.37. The van der Waals surface area contributed by atoms with Crippen molar-refractivity contribution in [3.63, 3.8) is 0 Å². The van der Waals surface area contributed by atoms with Gasteiger partial charge in [-0.2, -0.15) is 0 Å². The molecule has 0 aliphatic heterocycles. The Morgan fingerprint density at radius 2 is 1.36 bits per heavy atom. The summed E-state index contributed by atoms with van der Waals surface area (Å²) < 4.78 is 0. The maximum absolute atomic E-state index is 3.36. The van der Waals surface area contributed by atoms with Crippen LogP contribution in [0.15, 0.2) is 38.0 Å². The molecule has 14 heavy (non-hydrogen) atoms. The quantitative estimate of drug-likeness (QED) is 0.504. The van der Waals surface area contributed by atoms with Gasteiger partial charge in [-0.05, 0) is 26.2 Å². The van der Waals surface area contributed by atoms with Crippen molar-refractivity contribution in [1.82, 2.24) is 0 Å². The second kappa shape index (κ2) is 39.8. The molecule has 0 aliphatic rings.